The van der Waals surface area contributed by atoms with Crippen molar-refractivity contribution < 1.29 is 82.2 Å². The molecule has 0 radical (unpaired) electrons. The van der Waals surface area contributed by atoms with Gasteiger partial charge >= 0.3 is 24.4 Å². The molecule has 0 aromatic heterocycles. The van der Waals surface area contributed by atoms with Crippen molar-refractivity contribution in [3.05, 3.63) is 71.8 Å². The molecule has 4 amide bonds. The number of nitrogens with one attached hydrogen (secondary N) is 3. The van der Waals surface area contributed by atoms with E-state index in [1.807, 2.05) is 36.4 Å². The van der Waals surface area contributed by atoms with Crippen LogP contribution in [0.5, 0.6) is 0 Å². The number of alkyl carbamates (subject to hydrolysis) is 3. The fourth-order valence-corrected chi connectivity index (χ4v) is 8.62. The number of likely N-dealkylation sites (N-methyl/N-ethyl adjacent to an activating group) is 1. The fourth-order valence-electron chi connectivity index (χ4n) is 8.62. The fraction of sp³-hybridized carbons (Fsp3) is 0.628. The number of carbonyl (C=O) groups excluding carboxylic acids is 4. The van der Waals surface area contributed by atoms with Crippen LogP contribution in [0.1, 0.15) is 51.2 Å². The molecule has 0 spiro atoms. The zero-order valence-electron chi connectivity index (χ0n) is 36.4. The Bertz CT molecular complexity index is 1920. The first-order valence-electron chi connectivity index (χ1n) is 21.5. The van der Waals surface area contributed by atoms with Crippen molar-refractivity contribution in [2.24, 2.45) is 5.73 Å². The standard InChI is InChI=1S/C43H59N5O17/c1-43(2,3)65-41(55)47-29-28(18-49)60-38(32(52)31(29)51)64-37-30-35(63-42(56)48(30)4)34-27(59-37)17-25(46-40(54)58-20-22-13-9-6-10-14-22)36(62-34)61-33-24(44)15-23(16-26(33)50)45-39(53)57-19-21-11-7-5-8-12-21/h5-14,23-38,49-52H,15-20,44H2,1-4H3,(H,45,53)(H,46,54)(H,47,55)/t23-,24?,25?,26-,27+,28?,29-,30?,31?,32?,33-,34?,35?,36+,37?,38-/m1/s1. The normalized spacial score (nSPS) is 35.7. The third-order valence-corrected chi connectivity index (χ3v) is 11.8. The van der Waals surface area contributed by atoms with Gasteiger partial charge in [-0.05, 0) is 44.7 Å². The zero-order valence-corrected chi connectivity index (χ0v) is 36.4. The lowest BCUT2D eigenvalue weighted by Crippen LogP contribution is -2.69. The predicted octanol–water partition coefficient (Wildman–Crippen LogP) is 0.452. The van der Waals surface area contributed by atoms with Crippen LogP contribution in [0.2, 0.25) is 0 Å². The second-order valence-corrected chi connectivity index (χ2v) is 17.7. The van der Waals surface area contributed by atoms with Gasteiger partial charge < -0.3 is 84.7 Å². The van der Waals surface area contributed by atoms with Crippen molar-refractivity contribution in [3.63, 3.8) is 0 Å². The minimum Gasteiger partial charge on any atom is -0.445 e. The minimum atomic E-state index is -1.81. The Morgan fingerprint density at radius 1 is 0.769 bits per heavy atom. The summed E-state index contributed by atoms with van der Waals surface area (Å²) in [5.41, 5.74) is 7.21. The molecular formula is C43H59N5O17. The van der Waals surface area contributed by atoms with E-state index in [-0.39, 0.29) is 32.5 Å². The quantitative estimate of drug-likeness (QED) is 0.134. The summed E-state index contributed by atoms with van der Waals surface area (Å²) in [4.78, 5) is 52.9. The highest BCUT2D eigenvalue weighted by atomic mass is 16.8. The molecule has 5 aliphatic rings. The van der Waals surface area contributed by atoms with Crippen LogP contribution in [0.25, 0.3) is 0 Å². The van der Waals surface area contributed by atoms with Gasteiger partial charge in [0.2, 0.25) is 0 Å². The number of hydrogen-bond acceptors (Lipinski definition) is 18. The van der Waals surface area contributed by atoms with Crippen LogP contribution in [0.4, 0.5) is 19.2 Å². The lowest BCUT2D eigenvalue weighted by molar-refractivity contribution is -0.372. The number of benzene rings is 2. The van der Waals surface area contributed by atoms with E-state index in [0.717, 1.165) is 11.1 Å². The maximum atomic E-state index is 13.3. The maximum Gasteiger partial charge on any atom is 0.410 e. The summed E-state index contributed by atoms with van der Waals surface area (Å²) in [6, 6.07) is 13.3. The molecule has 7 rings (SSSR count). The van der Waals surface area contributed by atoms with E-state index in [1.165, 1.54) is 11.9 Å². The van der Waals surface area contributed by atoms with Crippen LogP contribution in [0.3, 0.4) is 0 Å². The number of hydrogen-bond donors (Lipinski definition) is 8. The first kappa shape index (κ1) is 48.1. The molecule has 22 nitrogen and oxygen atoms in total. The molecule has 4 heterocycles. The zero-order chi connectivity index (χ0) is 46.6. The number of aliphatic hydroxyl groups is 4. The van der Waals surface area contributed by atoms with E-state index < -0.39 is 134 Å². The van der Waals surface area contributed by atoms with Gasteiger partial charge in [0.05, 0.1) is 30.9 Å². The van der Waals surface area contributed by atoms with Crippen LogP contribution in [-0.2, 0) is 55.8 Å². The van der Waals surface area contributed by atoms with E-state index in [9.17, 15) is 39.6 Å². The summed E-state index contributed by atoms with van der Waals surface area (Å²) >= 11 is 0. The molecular weight excluding hydrogens is 858 g/mol. The van der Waals surface area contributed by atoms with Crippen LogP contribution in [-0.4, -0.2) is 167 Å². The largest absolute Gasteiger partial charge is 0.445 e. The van der Waals surface area contributed by atoms with Crippen LogP contribution >= 0.6 is 0 Å². The Labute approximate surface area is 374 Å². The van der Waals surface area contributed by atoms with Crippen molar-refractivity contribution in [1.82, 2.24) is 20.9 Å². The molecule has 1 saturated carbocycles. The summed E-state index contributed by atoms with van der Waals surface area (Å²) in [5.74, 6) is 0. The van der Waals surface area contributed by atoms with Crippen molar-refractivity contribution in [3.8, 4) is 0 Å². The van der Waals surface area contributed by atoms with Gasteiger partial charge in [-0.3, -0.25) is 4.90 Å². The molecule has 358 valence electrons. The van der Waals surface area contributed by atoms with E-state index >= 15 is 0 Å². The number of nitrogens with zero attached hydrogens (tertiary/aromatic N) is 1. The number of carbonyl (C=O) groups is 4. The van der Waals surface area contributed by atoms with Crippen molar-refractivity contribution >= 4 is 24.4 Å². The molecule has 4 saturated heterocycles. The van der Waals surface area contributed by atoms with Gasteiger partial charge in [0, 0.05) is 25.6 Å². The van der Waals surface area contributed by atoms with Crippen molar-refractivity contribution in [1.29, 1.82) is 0 Å². The van der Waals surface area contributed by atoms with Crippen LogP contribution in [0, 0.1) is 0 Å². The van der Waals surface area contributed by atoms with Gasteiger partial charge in [-0.1, -0.05) is 60.7 Å². The van der Waals surface area contributed by atoms with E-state index in [4.69, 9.17) is 48.4 Å². The molecule has 16 atom stereocenters. The van der Waals surface area contributed by atoms with E-state index in [0.29, 0.717) is 0 Å². The van der Waals surface area contributed by atoms with Gasteiger partial charge in [0.1, 0.15) is 55.4 Å². The summed E-state index contributed by atoms with van der Waals surface area (Å²) < 4.78 is 53.3. The number of amides is 4. The summed E-state index contributed by atoms with van der Waals surface area (Å²) in [5, 5.41) is 51.9. The maximum absolute atomic E-state index is 13.3. The Hall–Kier alpha value is -4.88. The van der Waals surface area contributed by atoms with E-state index in [1.54, 1.807) is 45.0 Å². The average Bonchev–Trinajstić information content (AvgIpc) is 3.56. The Morgan fingerprint density at radius 3 is 2.00 bits per heavy atom. The highest BCUT2D eigenvalue weighted by Crippen LogP contribution is 2.41. The lowest BCUT2D eigenvalue weighted by atomic mass is 9.86. The third-order valence-electron chi connectivity index (χ3n) is 11.8. The lowest BCUT2D eigenvalue weighted by Gasteiger charge is -2.51. The third kappa shape index (κ3) is 11.8. The predicted molar refractivity (Wildman–Crippen MR) is 221 cm³/mol. The van der Waals surface area contributed by atoms with Gasteiger partial charge in [0.15, 0.2) is 25.0 Å². The van der Waals surface area contributed by atoms with Crippen LogP contribution < -0.4 is 21.7 Å². The van der Waals surface area contributed by atoms with Gasteiger partial charge in [-0.2, -0.15) is 0 Å². The van der Waals surface area contributed by atoms with Gasteiger partial charge in [-0.25, -0.2) is 19.2 Å². The molecule has 65 heavy (non-hydrogen) atoms. The highest BCUT2D eigenvalue weighted by molar-refractivity contribution is 5.71. The molecule has 2 aromatic carbocycles. The number of fused-ring (bicyclic) bond motifs is 3. The molecule has 0 bridgehead atoms. The molecule has 5 fully saturated rings. The highest BCUT2D eigenvalue weighted by Gasteiger charge is 2.61. The number of aliphatic hydroxyl groups excluding tert-OH is 4. The molecule has 1 aliphatic carbocycles. The summed E-state index contributed by atoms with van der Waals surface area (Å²) in [7, 11) is 1.43. The van der Waals surface area contributed by atoms with Crippen molar-refractivity contribution in [2.45, 2.75) is 157 Å². The second kappa shape index (κ2) is 20.7. The molecule has 22 heteroatoms. The smallest absolute Gasteiger partial charge is 0.410 e. The average molecular weight is 918 g/mol. The summed E-state index contributed by atoms with van der Waals surface area (Å²) in [6.45, 7) is 4.18. The topological polar surface area (TPSA) is 298 Å². The Balaban J connectivity index is 1.05. The number of ether oxygens (including phenoxy) is 9. The molecule has 2 aromatic rings. The molecule has 4 aliphatic heterocycles. The Kier molecular flexibility index (Phi) is 15.3. The number of rotatable bonds is 12. The first-order chi connectivity index (χ1) is 31.0. The summed E-state index contributed by atoms with van der Waals surface area (Å²) in [6.07, 6.45) is -17.7. The van der Waals surface area contributed by atoms with E-state index in [2.05, 4.69) is 16.0 Å². The first-order valence-corrected chi connectivity index (χ1v) is 21.5. The van der Waals surface area contributed by atoms with Crippen molar-refractivity contribution in [2.75, 3.05) is 13.7 Å². The molecule has 9 unspecified atom stereocenters. The number of nitrogens with two attached hydrogens (primary N) is 1. The monoisotopic (exact) mass is 917 g/mol. The van der Waals surface area contributed by atoms with Gasteiger partial charge in [0.25, 0.3) is 0 Å². The Morgan fingerprint density at radius 2 is 1.40 bits per heavy atom. The SMILES string of the molecule is CN1C(=O)OC2C3O[C@H](O[C@@H]4C(N)C[C@@H](NC(=O)OCc5ccccc5)C[C@H]4O)C(NC(=O)OCc4ccccc4)C[C@@H]3OC(O[C@H]3OC(CO)[C@@H](NC(=O)OC(C)(C)C)C(O)C3O)C21. The second-order valence-electron chi connectivity index (χ2n) is 17.7. The minimum absolute atomic E-state index is 0.0444. The van der Waals surface area contributed by atoms with Crippen LogP contribution in [0.15, 0.2) is 60.7 Å². The van der Waals surface area contributed by atoms with Gasteiger partial charge in [-0.15, -0.1) is 0 Å². The molecule has 9 N–H and O–H groups in total.